The summed E-state index contributed by atoms with van der Waals surface area (Å²) < 4.78 is 32.6. The number of rotatable bonds is 6. The van der Waals surface area contributed by atoms with Crippen LogP contribution in [-0.2, 0) is 27.8 Å². The van der Waals surface area contributed by atoms with E-state index in [1.165, 1.54) is 4.88 Å². The molecule has 8 heteroatoms. The van der Waals surface area contributed by atoms with Crippen LogP contribution in [-0.4, -0.2) is 37.6 Å². The summed E-state index contributed by atoms with van der Waals surface area (Å²) >= 11 is 1.68. The summed E-state index contributed by atoms with van der Waals surface area (Å²) in [5, 5.41) is 2.00. The fraction of sp³-hybridized carbons (Fsp3) is 0.389. The third kappa shape index (κ3) is 4.76. The first-order valence-corrected chi connectivity index (χ1v) is 11.0. The Hall–Kier alpha value is -2.06. The first-order valence-electron chi connectivity index (χ1n) is 8.42. The average Bonchev–Trinajstić information content (AvgIpc) is 3.03. The molecule has 1 aliphatic heterocycles. The maximum Gasteiger partial charge on any atom is 0.241 e. The molecule has 1 aromatic carbocycles. The van der Waals surface area contributed by atoms with Crippen LogP contribution in [0.25, 0.3) is 0 Å². The molecule has 0 fully saturated rings. The number of carbonyl (C=O) groups is 1. The number of ether oxygens (including phenoxy) is 1. The van der Waals surface area contributed by atoms with Crippen LogP contribution in [0, 0.1) is 0 Å². The molecular weight excluding hydrogens is 372 g/mol. The number of anilines is 1. The molecule has 0 spiro atoms. The maximum atomic E-state index is 12.4. The van der Waals surface area contributed by atoms with E-state index in [1.54, 1.807) is 40.5 Å². The van der Waals surface area contributed by atoms with E-state index >= 15 is 0 Å². The number of nitrogens with one attached hydrogen (secondary N) is 1. The van der Waals surface area contributed by atoms with Gasteiger partial charge in [-0.2, -0.15) is 0 Å². The van der Waals surface area contributed by atoms with E-state index in [0.29, 0.717) is 24.5 Å². The lowest BCUT2D eigenvalue weighted by atomic mass is 10.1. The predicted molar refractivity (Wildman–Crippen MR) is 103 cm³/mol. The van der Waals surface area contributed by atoms with Gasteiger partial charge in [0.05, 0.1) is 6.10 Å². The van der Waals surface area contributed by atoms with E-state index in [1.807, 2.05) is 25.3 Å². The van der Waals surface area contributed by atoms with Crippen molar-refractivity contribution in [2.45, 2.75) is 32.9 Å². The fourth-order valence-electron chi connectivity index (χ4n) is 2.80. The molecule has 1 amide bonds. The van der Waals surface area contributed by atoms with Gasteiger partial charge in [0.2, 0.25) is 15.9 Å². The SMILES string of the molecule is CC(C)Oc1ccc(NS(=O)(=O)CC(=O)N2CCc3sccc3C2)cc1. The summed E-state index contributed by atoms with van der Waals surface area (Å²) in [5.74, 6) is -0.274. The van der Waals surface area contributed by atoms with Crippen LogP contribution in [0.1, 0.15) is 24.3 Å². The molecule has 0 atom stereocenters. The maximum absolute atomic E-state index is 12.4. The van der Waals surface area contributed by atoms with Crippen molar-refractivity contribution in [1.82, 2.24) is 4.90 Å². The highest BCUT2D eigenvalue weighted by atomic mass is 32.2. The summed E-state index contributed by atoms with van der Waals surface area (Å²) in [6.45, 7) is 4.88. The van der Waals surface area contributed by atoms with Gasteiger partial charge in [-0.3, -0.25) is 9.52 Å². The van der Waals surface area contributed by atoms with E-state index < -0.39 is 15.8 Å². The number of hydrogen-bond donors (Lipinski definition) is 1. The minimum absolute atomic E-state index is 0.0449. The fourth-order valence-corrected chi connectivity index (χ4v) is 4.77. The number of benzene rings is 1. The third-order valence-corrected chi connectivity index (χ3v) is 6.17. The van der Waals surface area contributed by atoms with Crippen LogP contribution < -0.4 is 9.46 Å². The van der Waals surface area contributed by atoms with Crippen LogP contribution >= 0.6 is 11.3 Å². The molecule has 2 heterocycles. The zero-order valence-electron chi connectivity index (χ0n) is 14.8. The monoisotopic (exact) mass is 394 g/mol. The molecule has 140 valence electrons. The number of amides is 1. The molecular formula is C18H22N2O4S2. The lowest BCUT2D eigenvalue weighted by molar-refractivity contribution is -0.129. The zero-order valence-corrected chi connectivity index (χ0v) is 16.4. The van der Waals surface area contributed by atoms with Crippen molar-refractivity contribution in [2.75, 3.05) is 17.0 Å². The van der Waals surface area contributed by atoms with Crippen LogP contribution in [0.5, 0.6) is 5.75 Å². The minimum atomic E-state index is -3.76. The highest BCUT2D eigenvalue weighted by molar-refractivity contribution is 7.93. The molecule has 26 heavy (non-hydrogen) atoms. The number of hydrogen-bond acceptors (Lipinski definition) is 5. The molecule has 0 bridgehead atoms. The second-order valence-corrected chi connectivity index (χ2v) is 9.21. The minimum Gasteiger partial charge on any atom is -0.491 e. The molecule has 0 unspecified atom stereocenters. The second kappa shape index (κ2) is 7.67. The summed E-state index contributed by atoms with van der Waals surface area (Å²) in [7, 11) is -3.76. The summed E-state index contributed by atoms with van der Waals surface area (Å²) in [6.07, 6.45) is 0.826. The van der Waals surface area contributed by atoms with Crippen LogP contribution in [0.2, 0.25) is 0 Å². The number of sulfonamides is 1. The van der Waals surface area contributed by atoms with Crippen molar-refractivity contribution in [1.29, 1.82) is 0 Å². The molecule has 0 saturated heterocycles. The number of carbonyl (C=O) groups excluding carboxylic acids is 1. The Morgan fingerprint density at radius 3 is 2.69 bits per heavy atom. The lowest BCUT2D eigenvalue weighted by Crippen LogP contribution is -2.40. The Labute approximate surface area is 157 Å². The van der Waals surface area contributed by atoms with Gasteiger partial charge in [-0.15, -0.1) is 11.3 Å². The Bertz CT molecular complexity index is 873. The molecule has 1 aromatic heterocycles. The largest absolute Gasteiger partial charge is 0.491 e. The quantitative estimate of drug-likeness (QED) is 0.817. The van der Waals surface area contributed by atoms with Crippen LogP contribution in [0.4, 0.5) is 5.69 Å². The van der Waals surface area contributed by atoms with E-state index in [0.717, 1.165) is 12.0 Å². The Kier molecular flexibility index (Phi) is 5.52. The zero-order chi connectivity index (χ0) is 18.7. The van der Waals surface area contributed by atoms with E-state index in [9.17, 15) is 13.2 Å². The summed E-state index contributed by atoms with van der Waals surface area (Å²) in [6, 6.07) is 8.63. The van der Waals surface area contributed by atoms with Crippen LogP contribution in [0.15, 0.2) is 35.7 Å². The van der Waals surface area contributed by atoms with Gasteiger partial charge in [0.15, 0.2) is 0 Å². The third-order valence-electron chi connectivity index (χ3n) is 3.97. The van der Waals surface area contributed by atoms with Gasteiger partial charge in [-0.05, 0) is 61.5 Å². The van der Waals surface area contributed by atoms with Gasteiger partial charge >= 0.3 is 0 Å². The molecule has 3 rings (SSSR count). The first-order chi connectivity index (χ1) is 12.3. The van der Waals surface area contributed by atoms with Crippen molar-refractivity contribution in [2.24, 2.45) is 0 Å². The Balaban J connectivity index is 1.59. The number of thiophene rings is 1. The smallest absolute Gasteiger partial charge is 0.241 e. The van der Waals surface area contributed by atoms with E-state index in [2.05, 4.69) is 4.72 Å². The molecule has 2 aromatic rings. The van der Waals surface area contributed by atoms with Gasteiger partial charge in [0.1, 0.15) is 11.5 Å². The van der Waals surface area contributed by atoms with Gasteiger partial charge in [-0.1, -0.05) is 0 Å². The standard InChI is InChI=1S/C18H22N2O4S2/c1-13(2)24-16-5-3-15(4-6-16)19-26(22,23)12-18(21)20-9-7-17-14(11-20)8-10-25-17/h3-6,8,10,13,19H,7,9,11-12H2,1-2H3. The van der Waals surface area contributed by atoms with Gasteiger partial charge in [0, 0.05) is 23.7 Å². The molecule has 0 saturated carbocycles. The highest BCUT2D eigenvalue weighted by Gasteiger charge is 2.25. The van der Waals surface area contributed by atoms with Crippen LogP contribution in [0.3, 0.4) is 0 Å². The average molecular weight is 395 g/mol. The number of fused-ring (bicyclic) bond motifs is 1. The predicted octanol–water partition coefficient (Wildman–Crippen LogP) is 2.86. The first kappa shape index (κ1) is 18.7. The lowest BCUT2D eigenvalue weighted by Gasteiger charge is -2.27. The summed E-state index contributed by atoms with van der Waals surface area (Å²) in [5.41, 5.74) is 1.52. The molecule has 0 radical (unpaired) electrons. The van der Waals surface area contributed by atoms with Crippen molar-refractivity contribution in [3.8, 4) is 5.75 Å². The Morgan fingerprint density at radius 2 is 2.00 bits per heavy atom. The van der Waals surface area contributed by atoms with Crippen molar-refractivity contribution in [3.05, 3.63) is 46.2 Å². The van der Waals surface area contributed by atoms with Gasteiger partial charge in [0.25, 0.3) is 0 Å². The summed E-state index contributed by atoms with van der Waals surface area (Å²) in [4.78, 5) is 15.3. The highest BCUT2D eigenvalue weighted by Crippen LogP contribution is 2.24. The van der Waals surface area contributed by atoms with Gasteiger partial charge < -0.3 is 9.64 Å². The molecule has 6 nitrogen and oxygen atoms in total. The molecule has 0 aliphatic carbocycles. The van der Waals surface area contributed by atoms with Crippen molar-refractivity contribution in [3.63, 3.8) is 0 Å². The van der Waals surface area contributed by atoms with E-state index in [-0.39, 0.29) is 12.0 Å². The normalized spacial score (nSPS) is 14.2. The second-order valence-electron chi connectivity index (χ2n) is 6.49. The molecule has 1 aliphatic rings. The van der Waals surface area contributed by atoms with Crippen molar-refractivity contribution < 1.29 is 17.9 Å². The van der Waals surface area contributed by atoms with E-state index in [4.69, 9.17) is 4.74 Å². The Morgan fingerprint density at radius 1 is 1.27 bits per heavy atom. The topological polar surface area (TPSA) is 75.7 Å². The van der Waals surface area contributed by atoms with Gasteiger partial charge in [-0.25, -0.2) is 8.42 Å². The van der Waals surface area contributed by atoms with Crippen molar-refractivity contribution >= 4 is 33.0 Å². The molecule has 1 N–H and O–H groups in total. The number of nitrogens with zero attached hydrogens (tertiary/aromatic N) is 1.